The summed E-state index contributed by atoms with van der Waals surface area (Å²) in [6.45, 7) is 1.43. The summed E-state index contributed by atoms with van der Waals surface area (Å²) < 4.78 is 0. The van der Waals surface area contributed by atoms with Gasteiger partial charge in [-0.1, -0.05) is 67.1 Å². The van der Waals surface area contributed by atoms with Crippen molar-refractivity contribution in [2.24, 2.45) is 0 Å². The fourth-order valence-corrected chi connectivity index (χ4v) is 4.76. The van der Waals surface area contributed by atoms with Crippen molar-refractivity contribution in [1.29, 1.82) is 0 Å². The monoisotopic (exact) mass is 468 g/mol. The van der Waals surface area contributed by atoms with Crippen LogP contribution in [0.5, 0.6) is 0 Å². The number of imide groups is 1. The number of benzene rings is 2. The predicted octanol–water partition coefficient (Wildman–Crippen LogP) is 4.18. The molecule has 164 valence electrons. The molecule has 2 heterocycles. The van der Waals surface area contributed by atoms with E-state index in [1.165, 1.54) is 11.3 Å². The summed E-state index contributed by atoms with van der Waals surface area (Å²) in [5.74, 6) is -0.933. The van der Waals surface area contributed by atoms with Gasteiger partial charge in [-0.2, -0.15) is 0 Å². The minimum atomic E-state index is -1.16. The quantitative estimate of drug-likeness (QED) is 0.509. The SMILES string of the molecule is CCC1(c2ccccc2)NC(=O)N(CC(=O)Nc2ncc(Cc3ccccc3Cl)s2)C1=O. The van der Waals surface area contributed by atoms with E-state index < -0.39 is 29.9 Å². The number of carbonyl (C=O) groups excluding carboxylic acids is 3. The molecule has 4 rings (SSSR count). The van der Waals surface area contributed by atoms with Gasteiger partial charge in [-0.25, -0.2) is 9.78 Å². The molecule has 2 N–H and O–H groups in total. The standard InChI is InChI=1S/C23H21ClN4O3S/c1-2-23(16-9-4-3-5-10-16)20(30)28(22(31)27-23)14-19(29)26-21-25-13-17(32-21)12-15-8-6-7-11-18(15)24/h3-11,13H,2,12,14H2,1H3,(H,27,31)(H,25,26,29). The number of aromatic nitrogens is 1. The van der Waals surface area contributed by atoms with Crippen LogP contribution in [-0.2, 0) is 21.5 Å². The van der Waals surface area contributed by atoms with Crippen LogP contribution < -0.4 is 10.6 Å². The van der Waals surface area contributed by atoms with Crippen molar-refractivity contribution in [1.82, 2.24) is 15.2 Å². The van der Waals surface area contributed by atoms with E-state index in [-0.39, 0.29) is 0 Å². The Bertz CT molecular complexity index is 1170. The fourth-order valence-electron chi connectivity index (χ4n) is 3.71. The Labute approximate surface area is 194 Å². The van der Waals surface area contributed by atoms with Crippen LogP contribution in [0.3, 0.4) is 0 Å². The van der Waals surface area contributed by atoms with Crippen molar-refractivity contribution in [2.75, 3.05) is 11.9 Å². The zero-order valence-electron chi connectivity index (χ0n) is 17.3. The van der Waals surface area contributed by atoms with Crippen LogP contribution in [0.4, 0.5) is 9.93 Å². The average molecular weight is 469 g/mol. The second-order valence-corrected chi connectivity index (χ2v) is 8.92. The lowest BCUT2D eigenvalue weighted by molar-refractivity contribution is -0.134. The maximum Gasteiger partial charge on any atom is 0.325 e. The molecule has 1 aromatic heterocycles. The number of hydrogen-bond donors (Lipinski definition) is 2. The van der Waals surface area contributed by atoms with E-state index in [2.05, 4.69) is 15.6 Å². The number of nitrogens with zero attached hydrogens (tertiary/aromatic N) is 2. The number of thiazole rings is 1. The van der Waals surface area contributed by atoms with Gasteiger partial charge in [0.15, 0.2) is 5.13 Å². The number of hydrogen-bond acceptors (Lipinski definition) is 5. The van der Waals surface area contributed by atoms with Gasteiger partial charge >= 0.3 is 6.03 Å². The summed E-state index contributed by atoms with van der Waals surface area (Å²) in [4.78, 5) is 44.4. The summed E-state index contributed by atoms with van der Waals surface area (Å²) in [6, 6.07) is 16.0. The molecule has 0 saturated carbocycles. The largest absolute Gasteiger partial charge is 0.325 e. The first-order valence-electron chi connectivity index (χ1n) is 10.1. The Kier molecular flexibility index (Phi) is 6.25. The third kappa shape index (κ3) is 4.24. The molecule has 1 saturated heterocycles. The average Bonchev–Trinajstić information content (AvgIpc) is 3.33. The number of rotatable bonds is 7. The molecule has 9 heteroatoms. The van der Waals surface area contributed by atoms with Gasteiger partial charge in [-0.3, -0.25) is 14.5 Å². The highest BCUT2D eigenvalue weighted by molar-refractivity contribution is 7.15. The smallest absolute Gasteiger partial charge is 0.319 e. The van der Waals surface area contributed by atoms with Crippen LogP contribution >= 0.6 is 22.9 Å². The van der Waals surface area contributed by atoms with E-state index in [0.717, 1.165) is 15.3 Å². The fraction of sp³-hybridized carbons (Fsp3) is 0.217. The summed E-state index contributed by atoms with van der Waals surface area (Å²) in [7, 11) is 0. The van der Waals surface area contributed by atoms with E-state index >= 15 is 0 Å². The molecule has 0 bridgehead atoms. The van der Waals surface area contributed by atoms with Crippen LogP contribution in [0.1, 0.15) is 29.3 Å². The molecule has 0 radical (unpaired) electrons. The molecule has 7 nitrogen and oxygen atoms in total. The zero-order valence-corrected chi connectivity index (χ0v) is 18.9. The van der Waals surface area contributed by atoms with Crippen LogP contribution in [0.15, 0.2) is 60.8 Å². The van der Waals surface area contributed by atoms with Crippen molar-refractivity contribution in [2.45, 2.75) is 25.3 Å². The number of urea groups is 1. The number of nitrogens with one attached hydrogen (secondary N) is 2. The highest BCUT2D eigenvalue weighted by Gasteiger charge is 2.51. The van der Waals surface area contributed by atoms with Gasteiger partial charge < -0.3 is 10.6 Å². The van der Waals surface area contributed by atoms with Gasteiger partial charge in [0, 0.05) is 22.5 Å². The number of amides is 4. The molecule has 1 fully saturated rings. The molecule has 1 aliphatic heterocycles. The van der Waals surface area contributed by atoms with Gasteiger partial charge in [0.25, 0.3) is 5.91 Å². The molecule has 1 unspecified atom stereocenters. The predicted molar refractivity (Wildman–Crippen MR) is 124 cm³/mol. The van der Waals surface area contributed by atoms with E-state index in [4.69, 9.17) is 11.6 Å². The number of anilines is 1. The molecular weight excluding hydrogens is 448 g/mol. The molecule has 2 aromatic carbocycles. The van der Waals surface area contributed by atoms with Gasteiger partial charge in [-0.15, -0.1) is 11.3 Å². The summed E-state index contributed by atoms with van der Waals surface area (Å²) in [5, 5.41) is 6.51. The topological polar surface area (TPSA) is 91.4 Å². The van der Waals surface area contributed by atoms with Gasteiger partial charge in [0.2, 0.25) is 5.91 Å². The van der Waals surface area contributed by atoms with Crippen molar-refractivity contribution >= 4 is 45.9 Å². The van der Waals surface area contributed by atoms with Gasteiger partial charge in [-0.05, 0) is 23.6 Å². The Balaban J connectivity index is 1.42. The maximum absolute atomic E-state index is 13.1. The first kappa shape index (κ1) is 22.0. The van der Waals surface area contributed by atoms with Gasteiger partial charge in [0.1, 0.15) is 12.1 Å². The zero-order chi connectivity index (χ0) is 22.7. The number of halogens is 1. The lowest BCUT2D eigenvalue weighted by Crippen LogP contribution is -2.44. The maximum atomic E-state index is 13.1. The Morgan fingerprint density at radius 1 is 1.16 bits per heavy atom. The first-order valence-corrected chi connectivity index (χ1v) is 11.3. The summed E-state index contributed by atoms with van der Waals surface area (Å²) in [6.07, 6.45) is 2.64. The summed E-state index contributed by atoms with van der Waals surface area (Å²) >= 11 is 7.53. The molecular formula is C23H21ClN4O3S. The molecule has 3 aromatic rings. The van der Waals surface area contributed by atoms with Crippen LogP contribution in [-0.4, -0.2) is 34.3 Å². The second-order valence-electron chi connectivity index (χ2n) is 7.39. The first-order chi connectivity index (χ1) is 15.4. The summed E-state index contributed by atoms with van der Waals surface area (Å²) in [5.41, 5.74) is 0.488. The Morgan fingerprint density at radius 2 is 1.88 bits per heavy atom. The number of carbonyl (C=O) groups is 3. The van der Waals surface area contributed by atoms with E-state index in [1.807, 2.05) is 49.4 Å². The molecule has 32 heavy (non-hydrogen) atoms. The van der Waals surface area contributed by atoms with Crippen LogP contribution in [0.2, 0.25) is 5.02 Å². The van der Waals surface area contributed by atoms with Crippen molar-refractivity contribution in [3.8, 4) is 0 Å². The van der Waals surface area contributed by atoms with Crippen LogP contribution in [0.25, 0.3) is 0 Å². The lowest BCUT2D eigenvalue weighted by Gasteiger charge is -2.25. The molecule has 1 aliphatic rings. The Hall–Kier alpha value is -3.23. The third-order valence-corrected chi connectivity index (χ3v) is 6.68. The third-order valence-electron chi connectivity index (χ3n) is 5.40. The van der Waals surface area contributed by atoms with Crippen molar-refractivity contribution in [3.63, 3.8) is 0 Å². The molecule has 0 aliphatic carbocycles. The Morgan fingerprint density at radius 3 is 2.59 bits per heavy atom. The van der Waals surface area contributed by atoms with E-state index in [0.29, 0.717) is 28.6 Å². The van der Waals surface area contributed by atoms with Crippen molar-refractivity contribution in [3.05, 3.63) is 81.8 Å². The van der Waals surface area contributed by atoms with Crippen molar-refractivity contribution < 1.29 is 14.4 Å². The van der Waals surface area contributed by atoms with E-state index in [9.17, 15) is 14.4 Å². The van der Waals surface area contributed by atoms with Gasteiger partial charge in [0.05, 0.1) is 0 Å². The minimum Gasteiger partial charge on any atom is -0.319 e. The van der Waals surface area contributed by atoms with Crippen LogP contribution in [0, 0.1) is 0 Å². The normalized spacial score (nSPS) is 18.0. The minimum absolute atomic E-state index is 0.373. The highest BCUT2D eigenvalue weighted by atomic mass is 35.5. The lowest BCUT2D eigenvalue weighted by atomic mass is 9.87. The molecule has 0 spiro atoms. The highest BCUT2D eigenvalue weighted by Crippen LogP contribution is 2.32. The molecule has 1 atom stereocenters. The van der Waals surface area contributed by atoms with E-state index in [1.54, 1.807) is 18.3 Å². The molecule has 4 amide bonds. The second kappa shape index (κ2) is 9.10.